The second-order valence-corrected chi connectivity index (χ2v) is 9.66. The first-order valence-electron chi connectivity index (χ1n) is 11.4. The molecule has 2 aliphatic rings. The SMILES string of the molecule is CC(C)(C)OC(=O)N1CCCC(n2ncc3c2N=C(Cc2ccccc2OC(F)(F)F)CC3=O)C1. The quantitative estimate of drug-likeness (QED) is 0.582. The Kier molecular flexibility index (Phi) is 6.61. The van der Waals surface area contributed by atoms with Gasteiger partial charge in [0.25, 0.3) is 0 Å². The summed E-state index contributed by atoms with van der Waals surface area (Å²) in [7, 11) is 0. The Labute approximate surface area is 200 Å². The third-order valence-corrected chi connectivity index (χ3v) is 5.69. The van der Waals surface area contributed by atoms with E-state index < -0.39 is 18.1 Å². The van der Waals surface area contributed by atoms with E-state index in [0.29, 0.717) is 30.2 Å². The number of aromatic nitrogens is 2. The molecule has 2 aliphatic heterocycles. The number of aliphatic imine (C=N–C) groups is 1. The number of piperidine rings is 1. The maximum atomic E-state index is 12.8. The van der Waals surface area contributed by atoms with Gasteiger partial charge in [-0.15, -0.1) is 13.2 Å². The molecule has 8 nitrogen and oxygen atoms in total. The second kappa shape index (κ2) is 9.35. The summed E-state index contributed by atoms with van der Waals surface area (Å²) < 4.78 is 49.7. The van der Waals surface area contributed by atoms with Gasteiger partial charge in [0.1, 0.15) is 11.4 Å². The molecule has 1 saturated heterocycles. The van der Waals surface area contributed by atoms with Crippen molar-refractivity contribution in [3.8, 4) is 5.75 Å². The highest BCUT2D eigenvalue weighted by Gasteiger charge is 2.34. The van der Waals surface area contributed by atoms with E-state index in [1.54, 1.807) is 36.4 Å². The number of carbonyl (C=O) groups excluding carboxylic acids is 2. The molecule has 0 radical (unpaired) electrons. The number of ketones is 1. The summed E-state index contributed by atoms with van der Waals surface area (Å²) in [5, 5.41) is 4.38. The standard InChI is InChI=1S/C24H27F3N4O4/c1-23(2,3)35-22(33)30-10-6-8-17(14-30)31-21-18(13-28-31)19(32)12-16(29-21)11-15-7-4-5-9-20(15)34-24(25,26)27/h4-5,7,9,13,17H,6,8,10-12,14H2,1-3H3. The highest BCUT2D eigenvalue weighted by molar-refractivity contribution is 6.15. The van der Waals surface area contributed by atoms with Crippen LogP contribution in [-0.4, -0.2) is 57.3 Å². The largest absolute Gasteiger partial charge is 0.573 e. The zero-order valence-corrected chi connectivity index (χ0v) is 19.8. The molecule has 1 fully saturated rings. The summed E-state index contributed by atoms with van der Waals surface area (Å²) in [4.78, 5) is 31.6. The molecule has 3 heterocycles. The second-order valence-electron chi connectivity index (χ2n) is 9.66. The van der Waals surface area contributed by atoms with Crippen LogP contribution in [0.3, 0.4) is 0 Å². The number of fused-ring (bicyclic) bond motifs is 1. The number of carbonyl (C=O) groups is 2. The zero-order valence-electron chi connectivity index (χ0n) is 19.8. The maximum absolute atomic E-state index is 12.8. The summed E-state index contributed by atoms with van der Waals surface area (Å²) in [5.41, 5.74) is 0.442. The lowest BCUT2D eigenvalue weighted by Gasteiger charge is -2.34. The Morgan fingerprint density at radius 3 is 2.66 bits per heavy atom. The normalized spacial score (nSPS) is 18.7. The molecule has 0 N–H and O–H groups in total. The minimum absolute atomic E-state index is 0.0201. The first-order chi connectivity index (χ1) is 16.4. The van der Waals surface area contributed by atoms with Gasteiger partial charge in [-0.3, -0.25) is 4.79 Å². The number of likely N-dealkylation sites (tertiary alicyclic amines) is 1. The Balaban J connectivity index is 1.57. The van der Waals surface area contributed by atoms with E-state index in [2.05, 4.69) is 14.8 Å². The fraction of sp³-hybridized carbons (Fsp3) is 0.500. The van der Waals surface area contributed by atoms with Crippen molar-refractivity contribution < 1.29 is 32.2 Å². The molecular weight excluding hydrogens is 465 g/mol. The number of amides is 1. The van der Waals surface area contributed by atoms with E-state index in [-0.39, 0.29) is 36.0 Å². The van der Waals surface area contributed by atoms with Crippen LogP contribution < -0.4 is 4.74 Å². The number of rotatable bonds is 4. The van der Waals surface area contributed by atoms with Crippen LogP contribution in [0, 0.1) is 0 Å². The first-order valence-corrected chi connectivity index (χ1v) is 11.4. The summed E-state index contributed by atoms with van der Waals surface area (Å²) >= 11 is 0. The van der Waals surface area contributed by atoms with E-state index >= 15 is 0 Å². The van der Waals surface area contributed by atoms with Gasteiger partial charge < -0.3 is 14.4 Å². The van der Waals surface area contributed by atoms with Crippen molar-refractivity contribution in [3.63, 3.8) is 0 Å². The molecule has 0 spiro atoms. The molecule has 0 saturated carbocycles. The van der Waals surface area contributed by atoms with Gasteiger partial charge in [0.15, 0.2) is 11.6 Å². The molecule has 0 bridgehead atoms. The lowest BCUT2D eigenvalue weighted by molar-refractivity contribution is -0.274. The Morgan fingerprint density at radius 2 is 1.94 bits per heavy atom. The highest BCUT2D eigenvalue weighted by Crippen LogP contribution is 2.34. The molecule has 1 unspecified atom stereocenters. The third-order valence-electron chi connectivity index (χ3n) is 5.69. The molecule has 1 amide bonds. The number of alkyl halides is 3. The summed E-state index contributed by atoms with van der Waals surface area (Å²) in [5.74, 6) is -0.165. The Bertz CT molecular complexity index is 1150. The number of hydrogen-bond acceptors (Lipinski definition) is 6. The summed E-state index contributed by atoms with van der Waals surface area (Å²) in [6, 6.07) is 5.59. The van der Waals surface area contributed by atoms with Crippen molar-refractivity contribution in [1.29, 1.82) is 0 Å². The van der Waals surface area contributed by atoms with Gasteiger partial charge in [-0.2, -0.15) is 5.10 Å². The van der Waals surface area contributed by atoms with Crippen molar-refractivity contribution in [2.45, 2.75) is 64.5 Å². The van der Waals surface area contributed by atoms with Crippen molar-refractivity contribution in [2.75, 3.05) is 13.1 Å². The average molecular weight is 492 g/mol. The lowest BCUT2D eigenvalue weighted by Crippen LogP contribution is -2.43. The predicted molar refractivity (Wildman–Crippen MR) is 121 cm³/mol. The lowest BCUT2D eigenvalue weighted by atomic mass is 9.98. The van der Waals surface area contributed by atoms with Gasteiger partial charge in [0, 0.05) is 30.8 Å². The number of halogens is 3. The third kappa shape index (κ3) is 6.01. The predicted octanol–water partition coefficient (Wildman–Crippen LogP) is 5.26. The first kappa shape index (κ1) is 24.7. The summed E-state index contributed by atoms with van der Waals surface area (Å²) in [6.45, 7) is 6.31. The van der Waals surface area contributed by atoms with Crippen LogP contribution in [0.2, 0.25) is 0 Å². The molecular formula is C24H27F3N4O4. The molecule has 1 aromatic carbocycles. The van der Waals surface area contributed by atoms with Crippen LogP contribution in [0.25, 0.3) is 0 Å². The minimum Gasteiger partial charge on any atom is -0.444 e. The van der Waals surface area contributed by atoms with Crippen LogP contribution >= 0.6 is 0 Å². The van der Waals surface area contributed by atoms with Crippen LogP contribution in [0.4, 0.5) is 23.8 Å². The molecule has 1 atom stereocenters. The fourth-order valence-electron chi connectivity index (χ4n) is 4.24. The number of Topliss-reactive ketones (excluding diaryl/α,β-unsaturated/α-hetero) is 1. The Morgan fingerprint density at radius 1 is 1.20 bits per heavy atom. The van der Waals surface area contributed by atoms with Crippen LogP contribution in [0.15, 0.2) is 35.5 Å². The maximum Gasteiger partial charge on any atom is 0.573 e. The monoisotopic (exact) mass is 492 g/mol. The van der Waals surface area contributed by atoms with Gasteiger partial charge in [-0.25, -0.2) is 14.5 Å². The van der Waals surface area contributed by atoms with E-state index in [9.17, 15) is 22.8 Å². The van der Waals surface area contributed by atoms with Crippen LogP contribution in [0.5, 0.6) is 5.75 Å². The van der Waals surface area contributed by atoms with E-state index in [4.69, 9.17) is 4.74 Å². The number of benzene rings is 1. The smallest absolute Gasteiger partial charge is 0.444 e. The van der Waals surface area contributed by atoms with E-state index in [0.717, 1.165) is 12.8 Å². The number of hydrogen-bond donors (Lipinski definition) is 0. The minimum atomic E-state index is -4.83. The Hall–Kier alpha value is -3.37. The van der Waals surface area contributed by atoms with Crippen molar-refractivity contribution in [1.82, 2.24) is 14.7 Å². The topological polar surface area (TPSA) is 86.0 Å². The van der Waals surface area contributed by atoms with E-state index in [1.807, 2.05) is 0 Å². The van der Waals surface area contributed by atoms with Gasteiger partial charge in [0.2, 0.25) is 0 Å². The molecule has 188 valence electrons. The molecule has 35 heavy (non-hydrogen) atoms. The molecule has 11 heteroatoms. The van der Waals surface area contributed by atoms with Crippen molar-refractivity contribution >= 4 is 23.4 Å². The number of para-hydroxylation sites is 1. The van der Waals surface area contributed by atoms with Crippen LogP contribution in [-0.2, 0) is 11.2 Å². The van der Waals surface area contributed by atoms with Crippen LogP contribution in [0.1, 0.15) is 62.0 Å². The van der Waals surface area contributed by atoms with E-state index in [1.165, 1.54) is 24.4 Å². The molecule has 2 aromatic rings. The van der Waals surface area contributed by atoms with Gasteiger partial charge in [-0.05, 0) is 39.7 Å². The highest BCUT2D eigenvalue weighted by atomic mass is 19.4. The van der Waals surface area contributed by atoms with Crippen molar-refractivity contribution in [2.24, 2.45) is 4.99 Å². The average Bonchev–Trinajstić information content (AvgIpc) is 3.18. The van der Waals surface area contributed by atoms with Gasteiger partial charge in [0.05, 0.1) is 24.2 Å². The molecule has 0 aliphatic carbocycles. The summed E-state index contributed by atoms with van der Waals surface area (Å²) in [6.07, 6.45) is -2.31. The fourth-order valence-corrected chi connectivity index (χ4v) is 4.24. The zero-order chi connectivity index (χ0) is 25.4. The van der Waals surface area contributed by atoms with Gasteiger partial charge >= 0.3 is 12.5 Å². The number of nitrogens with zero attached hydrogens (tertiary/aromatic N) is 4. The van der Waals surface area contributed by atoms with Gasteiger partial charge in [-0.1, -0.05) is 18.2 Å². The number of ether oxygens (including phenoxy) is 2. The van der Waals surface area contributed by atoms with Crippen molar-refractivity contribution in [3.05, 3.63) is 41.6 Å². The molecule has 1 aromatic heterocycles. The molecule has 4 rings (SSSR count).